The normalized spacial score (nSPS) is 13.9. The quantitative estimate of drug-likeness (QED) is 0.386. The minimum Gasteiger partial charge on any atom is -0.355 e. The van der Waals surface area contributed by atoms with E-state index in [0.29, 0.717) is 18.2 Å². The number of hydrogen-bond acceptors (Lipinski definition) is 6. The lowest BCUT2D eigenvalue weighted by atomic mass is 10.2. The Morgan fingerprint density at radius 1 is 1.43 bits per heavy atom. The number of allylic oxidation sites excluding steroid dienone is 1. The van der Waals surface area contributed by atoms with Crippen LogP contribution >= 0.6 is 23.1 Å². The van der Waals surface area contributed by atoms with Gasteiger partial charge < -0.3 is 10.6 Å². The van der Waals surface area contributed by atoms with Crippen molar-refractivity contribution in [1.82, 2.24) is 20.2 Å². The number of nitrogens with one attached hydrogen (secondary N) is 2. The third-order valence-corrected chi connectivity index (χ3v) is 6.72. The summed E-state index contributed by atoms with van der Waals surface area (Å²) in [5.41, 5.74) is 1.07. The van der Waals surface area contributed by atoms with Gasteiger partial charge in [0, 0.05) is 18.0 Å². The highest BCUT2D eigenvalue weighted by Gasteiger charge is 2.23. The number of carbonyl (C=O) groups is 2. The molecule has 1 atom stereocenters. The minimum absolute atomic E-state index is 0.0668. The highest BCUT2D eigenvalue weighted by molar-refractivity contribution is 7.99. The zero-order chi connectivity index (χ0) is 20.3. The molecule has 0 aliphatic heterocycles. The molecule has 1 aliphatic rings. The van der Waals surface area contributed by atoms with Crippen molar-refractivity contribution in [1.29, 1.82) is 0 Å². The summed E-state index contributed by atoms with van der Waals surface area (Å²) in [5, 5.41) is 6.55. The van der Waals surface area contributed by atoms with Crippen LogP contribution in [0.2, 0.25) is 0 Å². The van der Waals surface area contributed by atoms with Crippen molar-refractivity contribution in [3.05, 3.63) is 33.4 Å². The van der Waals surface area contributed by atoms with Crippen LogP contribution < -0.4 is 16.2 Å². The second-order valence-corrected chi connectivity index (χ2v) is 8.63. The predicted molar refractivity (Wildman–Crippen MR) is 113 cm³/mol. The first-order valence-electron chi connectivity index (χ1n) is 9.32. The standard InChI is InChI=1S/C19H24N4O3S2/c1-4-9-23-18(26)15-12-7-6-8-13(12)28-17(15)22-19(23)27-10-14(24)21-11(3)16(25)20-5-2/h4,11H,1,5-10H2,2-3H3,(H,20,25)(H,21,24)/t11-/m1/s1. The van der Waals surface area contributed by atoms with Crippen molar-refractivity contribution in [3.63, 3.8) is 0 Å². The zero-order valence-electron chi connectivity index (χ0n) is 16.0. The van der Waals surface area contributed by atoms with Crippen LogP contribution in [0.3, 0.4) is 0 Å². The van der Waals surface area contributed by atoms with Gasteiger partial charge in [0.15, 0.2) is 5.16 Å². The molecule has 0 saturated heterocycles. The fraction of sp³-hybridized carbons (Fsp3) is 0.474. The van der Waals surface area contributed by atoms with E-state index >= 15 is 0 Å². The van der Waals surface area contributed by atoms with Gasteiger partial charge in [-0.05, 0) is 38.7 Å². The molecule has 0 spiro atoms. The molecule has 2 N–H and O–H groups in total. The maximum Gasteiger partial charge on any atom is 0.263 e. The van der Waals surface area contributed by atoms with E-state index in [-0.39, 0.29) is 23.1 Å². The summed E-state index contributed by atoms with van der Waals surface area (Å²) in [6.45, 7) is 8.04. The molecule has 0 fully saturated rings. The number of aromatic nitrogens is 2. The van der Waals surface area contributed by atoms with Crippen molar-refractivity contribution in [2.75, 3.05) is 12.3 Å². The summed E-state index contributed by atoms with van der Waals surface area (Å²) in [7, 11) is 0. The molecule has 0 bridgehead atoms. The molecule has 0 aromatic carbocycles. The van der Waals surface area contributed by atoms with E-state index in [1.807, 2.05) is 6.92 Å². The number of amides is 2. The molecule has 2 heterocycles. The molecule has 9 heteroatoms. The van der Waals surface area contributed by atoms with E-state index < -0.39 is 6.04 Å². The fourth-order valence-corrected chi connectivity index (χ4v) is 5.39. The molecule has 2 aromatic rings. The molecule has 2 aromatic heterocycles. The smallest absolute Gasteiger partial charge is 0.263 e. The van der Waals surface area contributed by atoms with Crippen LogP contribution in [0, 0.1) is 0 Å². The predicted octanol–water partition coefficient (Wildman–Crippen LogP) is 1.87. The van der Waals surface area contributed by atoms with Crippen LogP contribution in [0.4, 0.5) is 0 Å². The Morgan fingerprint density at radius 2 is 2.21 bits per heavy atom. The Balaban J connectivity index is 1.80. The topological polar surface area (TPSA) is 93.1 Å². The van der Waals surface area contributed by atoms with Crippen LogP contribution in [0.5, 0.6) is 0 Å². The first-order valence-corrected chi connectivity index (χ1v) is 11.1. The average Bonchev–Trinajstić information content (AvgIpc) is 3.23. The van der Waals surface area contributed by atoms with Gasteiger partial charge in [0.05, 0.1) is 11.1 Å². The monoisotopic (exact) mass is 420 g/mol. The molecule has 3 rings (SSSR count). The molecule has 2 amide bonds. The fourth-order valence-electron chi connectivity index (χ4n) is 3.26. The average molecular weight is 421 g/mol. The lowest BCUT2D eigenvalue weighted by molar-refractivity contribution is -0.127. The summed E-state index contributed by atoms with van der Waals surface area (Å²) < 4.78 is 1.58. The number of aryl methyl sites for hydroxylation is 2. The lowest BCUT2D eigenvalue weighted by Crippen LogP contribution is -2.45. The van der Waals surface area contributed by atoms with E-state index in [1.54, 1.807) is 28.9 Å². The van der Waals surface area contributed by atoms with Gasteiger partial charge in [-0.3, -0.25) is 19.0 Å². The molecule has 28 heavy (non-hydrogen) atoms. The molecule has 0 saturated carbocycles. The van der Waals surface area contributed by atoms with E-state index in [0.717, 1.165) is 35.0 Å². The summed E-state index contributed by atoms with van der Waals surface area (Å²) in [6.07, 6.45) is 4.66. The number of fused-ring (bicyclic) bond motifs is 3. The zero-order valence-corrected chi connectivity index (χ0v) is 17.7. The molecular formula is C19H24N4O3S2. The number of thioether (sulfide) groups is 1. The highest BCUT2D eigenvalue weighted by atomic mass is 32.2. The number of hydrogen-bond donors (Lipinski definition) is 2. The second kappa shape index (κ2) is 8.91. The number of nitrogens with zero attached hydrogens (tertiary/aromatic N) is 2. The third kappa shape index (κ3) is 4.15. The van der Waals surface area contributed by atoms with Crippen molar-refractivity contribution < 1.29 is 9.59 Å². The van der Waals surface area contributed by atoms with E-state index in [4.69, 9.17) is 0 Å². The second-order valence-electron chi connectivity index (χ2n) is 6.61. The summed E-state index contributed by atoms with van der Waals surface area (Å²) >= 11 is 2.78. The van der Waals surface area contributed by atoms with E-state index in [2.05, 4.69) is 22.2 Å². The van der Waals surface area contributed by atoms with Gasteiger partial charge in [-0.15, -0.1) is 17.9 Å². The molecule has 1 aliphatic carbocycles. The lowest BCUT2D eigenvalue weighted by Gasteiger charge is -2.14. The van der Waals surface area contributed by atoms with Crippen LogP contribution in [0.25, 0.3) is 10.2 Å². The Hall–Kier alpha value is -2.13. The first-order chi connectivity index (χ1) is 13.5. The minimum atomic E-state index is -0.612. The maximum atomic E-state index is 13.1. The molecule has 150 valence electrons. The Bertz CT molecular complexity index is 980. The maximum absolute atomic E-state index is 13.1. The van der Waals surface area contributed by atoms with Gasteiger partial charge in [-0.25, -0.2) is 4.98 Å². The van der Waals surface area contributed by atoms with Gasteiger partial charge in [-0.1, -0.05) is 17.8 Å². The summed E-state index contributed by atoms with van der Waals surface area (Å²) in [5.74, 6) is -0.432. The van der Waals surface area contributed by atoms with E-state index in [1.165, 1.54) is 16.6 Å². The van der Waals surface area contributed by atoms with Gasteiger partial charge in [-0.2, -0.15) is 0 Å². The van der Waals surface area contributed by atoms with Crippen molar-refractivity contribution in [2.45, 2.75) is 50.9 Å². The largest absolute Gasteiger partial charge is 0.355 e. The number of carbonyl (C=O) groups excluding carboxylic acids is 2. The first kappa shape index (κ1) is 20.6. The van der Waals surface area contributed by atoms with Gasteiger partial charge >= 0.3 is 0 Å². The van der Waals surface area contributed by atoms with Crippen LogP contribution in [0.1, 0.15) is 30.7 Å². The van der Waals surface area contributed by atoms with Gasteiger partial charge in [0.25, 0.3) is 5.56 Å². The van der Waals surface area contributed by atoms with Crippen LogP contribution in [-0.4, -0.2) is 39.7 Å². The molecule has 0 unspecified atom stereocenters. The van der Waals surface area contributed by atoms with Crippen molar-refractivity contribution in [2.24, 2.45) is 0 Å². The molecule has 7 nitrogen and oxygen atoms in total. The highest BCUT2D eigenvalue weighted by Crippen LogP contribution is 2.35. The summed E-state index contributed by atoms with van der Waals surface area (Å²) in [4.78, 5) is 43.7. The van der Waals surface area contributed by atoms with Crippen LogP contribution in [-0.2, 0) is 29.0 Å². The van der Waals surface area contributed by atoms with Crippen LogP contribution in [0.15, 0.2) is 22.6 Å². The summed E-state index contributed by atoms with van der Waals surface area (Å²) in [6, 6.07) is -0.612. The Kier molecular flexibility index (Phi) is 6.56. The Labute approximate surface area is 171 Å². The number of thiophene rings is 1. The van der Waals surface area contributed by atoms with E-state index in [9.17, 15) is 14.4 Å². The molecular weight excluding hydrogens is 396 g/mol. The third-order valence-electron chi connectivity index (χ3n) is 4.56. The Morgan fingerprint density at radius 3 is 2.93 bits per heavy atom. The number of rotatable bonds is 8. The van der Waals surface area contributed by atoms with Gasteiger partial charge in [0.1, 0.15) is 10.9 Å². The number of likely N-dealkylation sites (N-methyl/N-ethyl adjacent to an activating group) is 1. The van der Waals surface area contributed by atoms with Crippen molar-refractivity contribution >= 4 is 45.1 Å². The SMILES string of the molecule is C=CCn1c(SCC(=O)N[C@H](C)C(=O)NCC)nc2sc3c(c2c1=O)CCC3. The van der Waals surface area contributed by atoms with Crippen molar-refractivity contribution in [3.8, 4) is 0 Å². The van der Waals surface area contributed by atoms with Gasteiger partial charge in [0.2, 0.25) is 11.8 Å². The molecule has 0 radical (unpaired) electrons.